The van der Waals surface area contributed by atoms with E-state index in [-0.39, 0.29) is 11.9 Å². The van der Waals surface area contributed by atoms with Crippen LogP contribution in [0.5, 0.6) is 0 Å². The Morgan fingerprint density at radius 3 is 3.10 bits per heavy atom. The monoisotopic (exact) mass is 414 g/mol. The summed E-state index contributed by atoms with van der Waals surface area (Å²) in [4.78, 5) is 20.2. The summed E-state index contributed by atoms with van der Waals surface area (Å²) in [5.41, 5.74) is 3.25. The van der Waals surface area contributed by atoms with Gasteiger partial charge in [0.2, 0.25) is 0 Å². The van der Waals surface area contributed by atoms with E-state index in [9.17, 15) is 4.79 Å². The Morgan fingerprint density at radius 2 is 2.30 bits per heavy atom. The molecule has 0 spiro atoms. The number of carbonyl (C=O) groups excluding carboxylic acids is 1. The van der Waals surface area contributed by atoms with E-state index in [4.69, 9.17) is 9.47 Å². The molecule has 1 amide bonds. The van der Waals surface area contributed by atoms with Crippen molar-refractivity contribution in [2.24, 2.45) is 0 Å². The van der Waals surface area contributed by atoms with Crippen molar-refractivity contribution in [3.8, 4) is 0 Å². The zero-order valence-corrected chi connectivity index (χ0v) is 18.2. The lowest BCUT2D eigenvalue weighted by Crippen LogP contribution is -2.46. The van der Waals surface area contributed by atoms with Crippen molar-refractivity contribution in [3.05, 3.63) is 30.1 Å². The summed E-state index contributed by atoms with van der Waals surface area (Å²) in [7, 11) is 1.74. The molecule has 1 unspecified atom stereocenters. The summed E-state index contributed by atoms with van der Waals surface area (Å²) < 4.78 is 13.4. The molecule has 0 radical (unpaired) electrons. The number of nitrogens with one attached hydrogen (secondary N) is 1. The van der Waals surface area contributed by atoms with Gasteiger partial charge in [-0.05, 0) is 57.7 Å². The van der Waals surface area contributed by atoms with Gasteiger partial charge in [0.15, 0.2) is 0 Å². The number of unbranched alkanes of at least 4 members (excludes halogenated alkanes) is 1. The number of aromatic nitrogens is 2. The molecule has 0 aromatic carbocycles. The van der Waals surface area contributed by atoms with Crippen LogP contribution in [0.25, 0.3) is 11.0 Å². The van der Waals surface area contributed by atoms with E-state index in [1.165, 1.54) is 0 Å². The Kier molecular flexibility index (Phi) is 7.02. The van der Waals surface area contributed by atoms with Crippen molar-refractivity contribution in [2.45, 2.75) is 63.8 Å². The maximum absolute atomic E-state index is 13.5. The normalized spacial score (nSPS) is 20.8. The second kappa shape index (κ2) is 9.90. The van der Waals surface area contributed by atoms with Crippen LogP contribution >= 0.6 is 0 Å². The summed E-state index contributed by atoms with van der Waals surface area (Å²) in [6.45, 7) is 5.97. The Balaban J connectivity index is 1.58. The van der Waals surface area contributed by atoms with Crippen LogP contribution < -0.4 is 5.32 Å². The lowest BCUT2D eigenvalue weighted by atomic mass is 10.1. The van der Waals surface area contributed by atoms with Crippen LogP contribution in [0.3, 0.4) is 0 Å². The summed E-state index contributed by atoms with van der Waals surface area (Å²) in [5.74, 6) is 0.108. The van der Waals surface area contributed by atoms with Gasteiger partial charge in [-0.1, -0.05) is 0 Å². The first-order chi connectivity index (χ1) is 14.7. The van der Waals surface area contributed by atoms with Gasteiger partial charge < -0.3 is 24.3 Å². The van der Waals surface area contributed by atoms with Crippen LogP contribution in [0.1, 0.15) is 50.6 Å². The minimum Gasteiger partial charge on any atom is -0.385 e. The maximum Gasteiger partial charge on any atom is 0.253 e. The van der Waals surface area contributed by atoms with Gasteiger partial charge in [0.1, 0.15) is 6.10 Å². The van der Waals surface area contributed by atoms with Gasteiger partial charge in [-0.25, -0.2) is 0 Å². The lowest BCUT2D eigenvalue weighted by Gasteiger charge is -2.32. The maximum atomic E-state index is 13.5. The molecular formula is C23H34N4O3. The standard InChI is InChI=1S/C23H34N4O3/c1-17(27(18-8-9-18)23(28)21-15-24-10-6-14-30-21)19-16-26(12-3-4-13-29-2)20-7-5-11-25-22(19)20/h5,7,11,16-18,21,24H,3-4,6,8-10,12-15H2,1-2H3/t17?,21-/m1/s1. The first-order valence-electron chi connectivity index (χ1n) is 11.3. The van der Waals surface area contributed by atoms with E-state index >= 15 is 0 Å². The summed E-state index contributed by atoms with van der Waals surface area (Å²) >= 11 is 0. The van der Waals surface area contributed by atoms with Crippen molar-refractivity contribution in [2.75, 3.05) is 33.4 Å². The van der Waals surface area contributed by atoms with E-state index in [0.717, 1.165) is 68.4 Å². The number of nitrogens with zero attached hydrogens (tertiary/aromatic N) is 3. The third-order valence-electron chi connectivity index (χ3n) is 6.15. The molecule has 2 aliphatic rings. The molecular weight excluding hydrogens is 380 g/mol. The summed E-state index contributed by atoms with van der Waals surface area (Å²) in [6, 6.07) is 4.38. The highest BCUT2D eigenvalue weighted by molar-refractivity contribution is 5.84. The Morgan fingerprint density at radius 1 is 1.43 bits per heavy atom. The quantitative estimate of drug-likeness (QED) is 0.639. The highest BCUT2D eigenvalue weighted by Gasteiger charge is 2.40. The van der Waals surface area contributed by atoms with E-state index in [0.29, 0.717) is 19.2 Å². The molecule has 1 aliphatic carbocycles. The van der Waals surface area contributed by atoms with Gasteiger partial charge in [-0.3, -0.25) is 9.78 Å². The first-order valence-corrected chi connectivity index (χ1v) is 11.3. The molecule has 4 rings (SSSR count). The number of methoxy groups -OCH3 is 1. The number of rotatable bonds is 9. The number of amides is 1. The predicted molar refractivity (Wildman–Crippen MR) is 116 cm³/mol. The van der Waals surface area contributed by atoms with Gasteiger partial charge >= 0.3 is 0 Å². The third-order valence-corrected chi connectivity index (χ3v) is 6.15. The van der Waals surface area contributed by atoms with E-state index in [1.54, 1.807) is 7.11 Å². The topological polar surface area (TPSA) is 68.6 Å². The van der Waals surface area contributed by atoms with Crippen molar-refractivity contribution in [1.82, 2.24) is 19.8 Å². The molecule has 2 aromatic rings. The van der Waals surface area contributed by atoms with Crippen molar-refractivity contribution in [3.63, 3.8) is 0 Å². The van der Waals surface area contributed by atoms with Crippen LogP contribution in [0, 0.1) is 0 Å². The first kappa shape index (κ1) is 21.3. The smallest absolute Gasteiger partial charge is 0.253 e. The number of carbonyl (C=O) groups is 1. The van der Waals surface area contributed by atoms with Gasteiger partial charge in [0.05, 0.1) is 17.1 Å². The van der Waals surface area contributed by atoms with Crippen LogP contribution in [0.2, 0.25) is 0 Å². The zero-order chi connectivity index (χ0) is 20.9. The molecule has 1 saturated heterocycles. The average molecular weight is 415 g/mol. The molecule has 7 nitrogen and oxygen atoms in total. The lowest BCUT2D eigenvalue weighted by molar-refractivity contribution is -0.145. The van der Waals surface area contributed by atoms with Crippen molar-refractivity contribution in [1.29, 1.82) is 0 Å². The second-order valence-corrected chi connectivity index (χ2v) is 8.42. The van der Waals surface area contributed by atoms with Crippen LogP contribution in [0.15, 0.2) is 24.5 Å². The molecule has 1 N–H and O–H groups in total. The Hall–Kier alpha value is -1.96. The Bertz CT molecular complexity index is 840. The predicted octanol–water partition coefficient (Wildman–Crippen LogP) is 2.89. The highest BCUT2D eigenvalue weighted by atomic mass is 16.5. The zero-order valence-electron chi connectivity index (χ0n) is 18.2. The fraction of sp³-hybridized carbons (Fsp3) is 0.652. The van der Waals surface area contributed by atoms with E-state index < -0.39 is 6.10 Å². The van der Waals surface area contributed by atoms with Crippen molar-refractivity contribution < 1.29 is 14.3 Å². The number of hydrogen-bond donors (Lipinski definition) is 1. The molecule has 3 heterocycles. The fourth-order valence-corrected chi connectivity index (χ4v) is 4.40. The molecule has 7 heteroatoms. The molecule has 2 aromatic heterocycles. The van der Waals surface area contributed by atoms with Gasteiger partial charge in [0, 0.05) is 57.4 Å². The molecule has 2 fully saturated rings. The van der Waals surface area contributed by atoms with Gasteiger partial charge in [0.25, 0.3) is 5.91 Å². The van der Waals surface area contributed by atoms with Crippen LogP contribution in [0.4, 0.5) is 0 Å². The largest absolute Gasteiger partial charge is 0.385 e. The number of pyridine rings is 1. The molecule has 30 heavy (non-hydrogen) atoms. The second-order valence-electron chi connectivity index (χ2n) is 8.42. The summed E-state index contributed by atoms with van der Waals surface area (Å²) in [5, 5.41) is 3.34. The number of ether oxygens (including phenoxy) is 2. The minimum atomic E-state index is -0.397. The van der Waals surface area contributed by atoms with Crippen LogP contribution in [-0.2, 0) is 20.8 Å². The fourth-order valence-electron chi connectivity index (χ4n) is 4.40. The number of hydrogen-bond acceptors (Lipinski definition) is 5. The van der Waals surface area contributed by atoms with Gasteiger partial charge in [-0.2, -0.15) is 0 Å². The van der Waals surface area contributed by atoms with Crippen LogP contribution in [-0.4, -0.2) is 65.9 Å². The molecule has 1 saturated carbocycles. The van der Waals surface area contributed by atoms with Crippen molar-refractivity contribution >= 4 is 16.9 Å². The number of aryl methyl sites for hydroxylation is 1. The molecule has 164 valence electrons. The minimum absolute atomic E-state index is 0.0329. The Labute approximate surface area is 178 Å². The van der Waals surface area contributed by atoms with E-state index in [2.05, 4.69) is 39.0 Å². The van der Waals surface area contributed by atoms with E-state index in [1.807, 2.05) is 12.3 Å². The highest BCUT2D eigenvalue weighted by Crippen LogP contribution is 2.37. The SMILES string of the molecule is COCCCCn1cc(C(C)N(C(=O)[C@H]2CNCCCO2)C2CC2)c2ncccc21. The third kappa shape index (κ3) is 4.68. The molecule has 2 atom stereocenters. The molecule has 0 bridgehead atoms. The number of fused-ring (bicyclic) bond motifs is 1. The van der Waals surface area contributed by atoms with Gasteiger partial charge in [-0.15, -0.1) is 0 Å². The summed E-state index contributed by atoms with van der Waals surface area (Å²) in [6.07, 6.45) is 8.81. The molecule has 1 aliphatic heterocycles. The average Bonchev–Trinajstić information content (AvgIpc) is 3.56.